The summed E-state index contributed by atoms with van der Waals surface area (Å²) < 4.78 is 7.04. The summed E-state index contributed by atoms with van der Waals surface area (Å²) in [6, 6.07) is 22.9. The summed E-state index contributed by atoms with van der Waals surface area (Å²) in [5, 5.41) is 5.31. The first-order valence-electron chi connectivity index (χ1n) is 8.92. The molecule has 0 bridgehead atoms. The maximum atomic E-state index is 11.8. The smallest absolute Gasteiger partial charge is 0.246 e. The van der Waals surface area contributed by atoms with Crippen molar-refractivity contribution in [1.29, 1.82) is 0 Å². The summed E-state index contributed by atoms with van der Waals surface area (Å²) in [5.74, 6) is 0.677. The Bertz CT molecular complexity index is 1100. The molecule has 4 aromatic rings. The lowest BCUT2D eigenvalue weighted by Gasteiger charge is -2.11. The van der Waals surface area contributed by atoms with E-state index in [-0.39, 0.29) is 12.5 Å². The number of benzene rings is 3. The topological polar surface area (TPSA) is 56.1 Å². The van der Waals surface area contributed by atoms with Crippen molar-refractivity contribution in [3.63, 3.8) is 0 Å². The van der Waals surface area contributed by atoms with Gasteiger partial charge in [-0.05, 0) is 34.5 Å². The zero-order valence-corrected chi connectivity index (χ0v) is 15.2. The summed E-state index contributed by atoms with van der Waals surface area (Å²) in [6.07, 6.45) is 0. The number of aromatic nitrogens is 2. The van der Waals surface area contributed by atoms with E-state index < -0.39 is 0 Å². The van der Waals surface area contributed by atoms with Crippen LogP contribution in [0.25, 0.3) is 21.8 Å². The molecule has 0 saturated carbocycles. The van der Waals surface area contributed by atoms with Crippen LogP contribution < -0.4 is 5.32 Å². The Balaban J connectivity index is 1.67. The number of carbonyl (C=O) groups is 1. The van der Waals surface area contributed by atoms with Crippen LogP contribution in [-0.4, -0.2) is 29.2 Å². The second-order valence-electron chi connectivity index (χ2n) is 6.49. The molecule has 0 aliphatic carbocycles. The molecule has 0 saturated heterocycles. The lowest BCUT2D eigenvalue weighted by atomic mass is 10.1. The van der Waals surface area contributed by atoms with Gasteiger partial charge >= 0.3 is 0 Å². The molecule has 0 atom stereocenters. The van der Waals surface area contributed by atoms with Gasteiger partial charge in [0.2, 0.25) is 5.91 Å². The maximum absolute atomic E-state index is 11.8. The van der Waals surface area contributed by atoms with E-state index in [0.29, 0.717) is 13.1 Å². The Labute approximate surface area is 157 Å². The quantitative estimate of drug-likeness (QED) is 0.573. The Morgan fingerprint density at radius 1 is 1.04 bits per heavy atom. The van der Waals surface area contributed by atoms with Crippen molar-refractivity contribution in [2.45, 2.75) is 13.1 Å². The molecular formula is C22H21N3O2. The van der Waals surface area contributed by atoms with E-state index in [1.807, 2.05) is 24.3 Å². The minimum absolute atomic E-state index is 0.0465. The Morgan fingerprint density at radius 2 is 1.81 bits per heavy atom. The van der Waals surface area contributed by atoms with Gasteiger partial charge in [-0.15, -0.1) is 0 Å². The van der Waals surface area contributed by atoms with Crippen LogP contribution in [0.15, 0.2) is 66.7 Å². The van der Waals surface area contributed by atoms with E-state index in [1.54, 1.807) is 0 Å². The Hall–Kier alpha value is -3.18. The van der Waals surface area contributed by atoms with Gasteiger partial charge in [-0.2, -0.15) is 0 Å². The number of nitrogens with one attached hydrogen (secondary N) is 1. The molecule has 5 heteroatoms. The second-order valence-corrected chi connectivity index (χ2v) is 6.49. The van der Waals surface area contributed by atoms with Gasteiger partial charge in [-0.3, -0.25) is 4.79 Å². The molecule has 0 radical (unpaired) electrons. The van der Waals surface area contributed by atoms with Crippen molar-refractivity contribution in [2.24, 2.45) is 0 Å². The van der Waals surface area contributed by atoms with Gasteiger partial charge < -0.3 is 14.6 Å². The van der Waals surface area contributed by atoms with Crippen LogP contribution in [0.5, 0.6) is 0 Å². The molecule has 1 heterocycles. The molecular weight excluding hydrogens is 338 g/mol. The van der Waals surface area contributed by atoms with Gasteiger partial charge in [-0.1, -0.05) is 48.5 Å². The molecule has 5 nitrogen and oxygen atoms in total. The number of rotatable bonds is 6. The van der Waals surface area contributed by atoms with Gasteiger partial charge in [0.25, 0.3) is 0 Å². The lowest BCUT2D eigenvalue weighted by Crippen LogP contribution is -2.28. The summed E-state index contributed by atoms with van der Waals surface area (Å²) in [5.41, 5.74) is 3.18. The van der Waals surface area contributed by atoms with Crippen molar-refractivity contribution < 1.29 is 9.53 Å². The molecule has 0 aliphatic heterocycles. The first kappa shape index (κ1) is 17.2. The van der Waals surface area contributed by atoms with Crippen LogP contribution in [0.3, 0.4) is 0 Å². The third kappa shape index (κ3) is 3.68. The monoisotopic (exact) mass is 359 g/mol. The largest absolute Gasteiger partial charge is 0.375 e. The minimum Gasteiger partial charge on any atom is -0.375 e. The average Bonchev–Trinajstić information content (AvgIpc) is 3.04. The third-order valence-corrected chi connectivity index (χ3v) is 4.61. The second kappa shape index (κ2) is 7.60. The van der Waals surface area contributed by atoms with Gasteiger partial charge in [0, 0.05) is 13.7 Å². The van der Waals surface area contributed by atoms with Crippen LogP contribution in [0.4, 0.5) is 0 Å². The van der Waals surface area contributed by atoms with E-state index in [2.05, 4.69) is 52.3 Å². The normalized spacial score (nSPS) is 11.1. The van der Waals surface area contributed by atoms with Crippen molar-refractivity contribution in [3.8, 4) is 0 Å². The molecule has 136 valence electrons. The third-order valence-electron chi connectivity index (χ3n) is 4.61. The number of hydrogen-bond donors (Lipinski definition) is 1. The summed E-state index contributed by atoms with van der Waals surface area (Å²) in [7, 11) is 1.51. The number of hydrogen-bond acceptors (Lipinski definition) is 3. The molecule has 1 aromatic heterocycles. The molecule has 27 heavy (non-hydrogen) atoms. The van der Waals surface area contributed by atoms with E-state index in [9.17, 15) is 4.79 Å². The molecule has 1 amide bonds. The number of amides is 1. The van der Waals surface area contributed by atoms with Crippen molar-refractivity contribution in [2.75, 3.05) is 13.7 Å². The Morgan fingerprint density at radius 3 is 2.67 bits per heavy atom. The van der Waals surface area contributed by atoms with Crippen LogP contribution in [0.1, 0.15) is 11.4 Å². The highest BCUT2D eigenvalue weighted by atomic mass is 16.5. The predicted molar refractivity (Wildman–Crippen MR) is 107 cm³/mol. The van der Waals surface area contributed by atoms with E-state index in [1.165, 1.54) is 23.4 Å². The SMILES string of the molecule is COCC(=O)NCc1nc2ccccc2n1Cc1ccc2ccccc2c1. The van der Waals surface area contributed by atoms with Crippen molar-refractivity contribution in [1.82, 2.24) is 14.9 Å². The van der Waals surface area contributed by atoms with Gasteiger partial charge in [-0.25, -0.2) is 4.98 Å². The summed E-state index contributed by atoms with van der Waals surface area (Å²) in [4.78, 5) is 16.5. The van der Waals surface area contributed by atoms with Crippen LogP contribution in [0, 0.1) is 0 Å². The van der Waals surface area contributed by atoms with Crippen molar-refractivity contribution in [3.05, 3.63) is 78.1 Å². The van der Waals surface area contributed by atoms with Crippen molar-refractivity contribution >= 4 is 27.7 Å². The molecule has 4 rings (SSSR count). The molecule has 0 fully saturated rings. The average molecular weight is 359 g/mol. The zero-order valence-electron chi connectivity index (χ0n) is 15.2. The lowest BCUT2D eigenvalue weighted by molar-refractivity contribution is -0.124. The number of carbonyl (C=O) groups excluding carboxylic acids is 1. The summed E-state index contributed by atoms with van der Waals surface area (Å²) in [6.45, 7) is 1.11. The minimum atomic E-state index is -0.151. The van der Waals surface area contributed by atoms with Crippen LogP contribution >= 0.6 is 0 Å². The summed E-state index contributed by atoms with van der Waals surface area (Å²) >= 11 is 0. The zero-order chi connectivity index (χ0) is 18.6. The van der Waals surface area contributed by atoms with Gasteiger partial charge in [0.1, 0.15) is 12.4 Å². The van der Waals surface area contributed by atoms with Gasteiger partial charge in [0.15, 0.2) is 0 Å². The highest BCUT2D eigenvalue weighted by Crippen LogP contribution is 2.21. The number of para-hydroxylation sites is 2. The van der Waals surface area contributed by atoms with Crippen LogP contribution in [-0.2, 0) is 22.6 Å². The van der Waals surface area contributed by atoms with E-state index in [4.69, 9.17) is 9.72 Å². The van der Waals surface area contributed by atoms with Gasteiger partial charge in [0.05, 0.1) is 17.6 Å². The van der Waals surface area contributed by atoms with E-state index in [0.717, 1.165) is 16.9 Å². The van der Waals surface area contributed by atoms with Crippen LogP contribution in [0.2, 0.25) is 0 Å². The molecule has 0 spiro atoms. The molecule has 0 unspecified atom stereocenters. The molecule has 3 aromatic carbocycles. The first-order valence-corrected chi connectivity index (χ1v) is 8.92. The number of fused-ring (bicyclic) bond motifs is 2. The number of imidazole rings is 1. The Kier molecular flexibility index (Phi) is 4.85. The fraction of sp³-hybridized carbons (Fsp3) is 0.182. The fourth-order valence-corrected chi connectivity index (χ4v) is 3.32. The molecule has 1 N–H and O–H groups in total. The maximum Gasteiger partial charge on any atom is 0.246 e. The van der Waals surface area contributed by atoms with E-state index >= 15 is 0 Å². The standard InChI is InChI=1S/C22H21N3O2/c1-27-15-22(26)23-13-21-24-19-8-4-5-9-20(19)25(21)14-16-10-11-17-6-2-3-7-18(17)12-16/h2-12H,13-15H2,1H3,(H,23,26). The highest BCUT2D eigenvalue weighted by molar-refractivity contribution is 5.83. The first-order chi connectivity index (χ1) is 13.2. The highest BCUT2D eigenvalue weighted by Gasteiger charge is 2.12. The fourth-order valence-electron chi connectivity index (χ4n) is 3.32. The number of ether oxygens (including phenoxy) is 1. The molecule has 0 aliphatic rings. The predicted octanol–water partition coefficient (Wildman–Crippen LogP) is 3.50. The number of methoxy groups -OCH3 is 1. The number of nitrogens with zero attached hydrogens (tertiary/aromatic N) is 2.